The molecule has 0 bridgehead atoms. The summed E-state index contributed by atoms with van der Waals surface area (Å²) >= 11 is 12.5. The zero-order valence-corrected chi connectivity index (χ0v) is 16.5. The molecule has 0 unspecified atom stereocenters. The molecule has 9 heteroatoms. The lowest BCUT2D eigenvalue weighted by Crippen LogP contribution is -2.42. The van der Waals surface area contributed by atoms with Gasteiger partial charge in [-0.25, -0.2) is 0 Å². The van der Waals surface area contributed by atoms with Crippen molar-refractivity contribution >= 4 is 34.8 Å². The van der Waals surface area contributed by atoms with Gasteiger partial charge in [-0.2, -0.15) is 9.50 Å². The Morgan fingerprint density at radius 2 is 2.15 bits per heavy atom. The van der Waals surface area contributed by atoms with Crippen molar-refractivity contribution in [1.82, 2.24) is 19.2 Å². The summed E-state index contributed by atoms with van der Waals surface area (Å²) in [6, 6.07) is 7.01. The van der Waals surface area contributed by atoms with Gasteiger partial charge >= 0.3 is 0 Å². The van der Waals surface area contributed by atoms with Gasteiger partial charge in [0.15, 0.2) is 0 Å². The molecular weight excluding hydrogens is 389 g/mol. The van der Waals surface area contributed by atoms with Crippen LogP contribution in [0.1, 0.15) is 18.3 Å². The van der Waals surface area contributed by atoms with E-state index in [4.69, 9.17) is 32.9 Å². The van der Waals surface area contributed by atoms with Crippen LogP contribution in [0.5, 0.6) is 0 Å². The van der Waals surface area contributed by atoms with Crippen LogP contribution < -0.4 is 10.5 Å². The third-order valence-corrected chi connectivity index (χ3v) is 5.53. The van der Waals surface area contributed by atoms with Crippen LogP contribution in [0.2, 0.25) is 10.0 Å². The molecule has 1 atom stereocenters. The first-order valence-electron chi connectivity index (χ1n) is 8.70. The number of aryl methyl sites for hydroxylation is 1. The number of anilines is 1. The van der Waals surface area contributed by atoms with Gasteiger partial charge in [0.25, 0.3) is 5.56 Å². The quantitative estimate of drug-likeness (QED) is 0.667. The van der Waals surface area contributed by atoms with E-state index in [1.54, 1.807) is 6.07 Å². The fourth-order valence-corrected chi connectivity index (χ4v) is 3.66. The summed E-state index contributed by atoms with van der Waals surface area (Å²) in [4.78, 5) is 19.4. The molecule has 3 aromatic rings. The average molecular weight is 408 g/mol. The number of hydrogen-bond donors (Lipinski definition) is 0. The van der Waals surface area contributed by atoms with Crippen LogP contribution in [0.3, 0.4) is 0 Å². The summed E-state index contributed by atoms with van der Waals surface area (Å²) in [5.74, 6) is 1.78. The number of nitrogens with zero attached hydrogens (tertiary/aromatic N) is 5. The van der Waals surface area contributed by atoms with Crippen molar-refractivity contribution in [3.63, 3.8) is 0 Å². The van der Waals surface area contributed by atoms with Crippen LogP contribution in [-0.2, 0) is 11.3 Å². The summed E-state index contributed by atoms with van der Waals surface area (Å²) in [6.45, 7) is 6.26. The minimum Gasteiger partial charge on any atom is -0.375 e. The predicted octanol–water partition coefficient (Wildman–Crippen LogP) is 2.78. The Hall–Kier alpha value is -2.09. The van der Waals surface area contributed by atoms with Crippen LogP contribution in [0.25, 0.3) is 5.78 Å². The maximum absolute atomic E-state index is 12.6. The van der Waals surface area contributed by atoms with E-state index in [0.29, 0.717) is 53.7 Å². The normalized spacial score (nSPS) is 17.6. The van der Waals surface area contributed by atoms with E-state index >= 15 is 0 Å². The van der Waals surface area contributed by atoms with E-state index in [0.717, 1.165) is 5.56 Å². The fraction of sp³-hybridized carbons (Fsp3) is 0.389. The molecule has 2 aromatic heterocycles. The van der Waals surface area contributed by atoms with Crippen LogP contribution in [0.4, 0.5) is 5.82 Å². The molecule has 1 aliphatic heterocycles. The lowest BCUT2D eigenvalue weighted by atomic mass is 10.2. The molecule has 142 valence electrons. The van der Waals surface area contributed by atoms with E-state index in [-0.39, 0.29) is 11.7 Å². The lowest BCUT2D eigenvalue weighted by molar-refractivity contribution is 0.0529. The second-order valence-electron chi connectivity index (χ2n) is 6.64. The maximum atomic E-state index is 12.6. The number of aromatic nitrogens is 4. The molecule has 1 fully saturated rings. The van der Waals surface area contributed by atoms with Gasteiger partial charge in [0.1, 0.15) is 11.6 Å². The molecular formula is C18H19Cl2N5O2. The Kier molecular flexibility index (Phi) is 4.84. The minimum atomic E-state index is -0.215. The smallest absolute Gasteiger partial charge is 0.277 e. The van der Waals surface area contributed by atoms with Crippen LogP contribution in [0.15, 0.2) is 29.1 Å². The molecule has 3 heterocycles. The maximum Gasteiger partial charge on any atom is 0.277 e. The van der Waals surface area contributed by atoms with E-state index in [1.807, 2.05) is 30.5 Å². The molecule has 7 nitrogen and oxygen atoms in total. The van der Waals surface area contributed by atoms with Crippen molar-refractivity contribution < 1.29 is 4.74 Å². The number of morpholine rings is 1. The van der Waals surface area contributed by atoms with Crippen molar-refractivity contribution in [3.8, 4) is 0 Å². The molecule has 0 spiro atoms. The second-order valence-corrected chi connectivity index (χ2v) is 7.42. The molecule has 0 radical (unpaired) electrons. The van der Waals surface area contributed by atoms with E-state index in [9.17, 15) is 4.79 Å². The first-order valence-corrected chi connectivity index (χ1v) is 9.46. The Balaban J connectivity index is 1.80. The molecule has 0 N–H and O–H groups in total. The van der Waals surface area contributed by atoms with Gasteiger partial charge in [0.05, 0.1) is 29.3 Å². The minimum absolute atomic E-state index is 0.0934. The SMILES string of the molecule is Cc1nn2c(=O)cc(N3CCO[C@H](C)C3)nc2n1Cc1cccc(Cl)c1Cl. The Labute approximate surface area is 166 Å². The Bertz CT molecular complexity index is 1060. The summed E-state index contributed by atoms with van der Waals surface area (Å²) in [6.07, 6.45) is 0.0934. The molecule has 1 aromatic carbocycles. The van der Waals surface area contributed by atoms with Gasteiger partial charge < -0.3 is 9.64 Å². The lowest BCUT2D eigenvalue weighted by Gasteiger charge is -2.31. The highest BCUT2D eigenvalue weighted by Crippen LogP contribution is 2.27. The molecule has 1 saturated heterocycles. The van der Waals surface area contributed by atoms with E-state index < -0.39 is 0 Å². The second kappa shape index (κ2) is 7.14. The number of hydrogen-bond acceptors (Lipinski definition) is 5. The molecule has 0 aliphatic carbocycles. The fourth-order valence-electron chi connectivity index (χ4n) is 3.28. The summed E-state index contributed by atoms with van der Waals surface area (Å²) in [7, 11) is 0. The Morgan fingerprint density at radius 3 is 2.93 bits per heavy atom. The van der Waals surface area contributed by atoms with Gasteiger partial charge in [-0.1, -0.05) is 35.3 Å². The number of ether oxygens (including phenoxy) is 1. The zero-order valence-electron chi connectivity index (χ0n) is 15.0. The molecule has 1 aliphatic rings. The standard InChI is InChI=1S/C18H19Cl2N5O2/c1-11-9-23(6-7-27-11)15-8-16(26)25-18(21-15)24(12(2)22-25)10-13-4-3-5-14(19)17(13)20/h3-5,8,11H,6-7,9-10H2,1-2H3/t11-/m1/s1. The van der Waals surface area contributed by atoms with Crippen molar-refractivity contribution in [2.24, 2.45) is 0 Å². The van der Waals surface area contributed by atoms with Gasteiger partial charge in [0, 0.05) is 19.2 Å². The summed E-state index contributed by atoms with van der Waals surface area (Å²) < 4.78 is 8.77. The van der Waals surface area contributed by atoms with Crippen LogP contribution in [0, 0.1) is 6.92 Å². The third kappa shape index (κ3) is 3.42. The van der Waals surface area contributed by atoms with Crippen molar-refractivity contribution in [2.45, 2.75) is 26.5 Å². The zero-order chi connectivity index (χ0) is 19.1. The van der Waals surface area contributed by atoms with Crippen molar-refractivity contribution in [1.29, 1.82) is 0 Å². The number of halogens is 2. The van der Waals surface area contributed by atoms with Gasteiger partial charge in [-0.15, -0.1) is 5.10 Å². The third-order valence-electron chi connectivity index (χ3n) is 4.67. The summed E-state index contributed by atoms with van der Waals surface area (Å²) in [5, 5.41) is 5.33. The van der Waals surface area contributed by atoms with Crippen LogP contribution >= 0.6 is 23.2 Å². The predicted molar refractivity (Wildman–Crippen MR) is 105 cm³/mol. The largest absolute Gasteiger partial charge is 0.375 e. The van der Waals surface area contributed by atoms with Crippen molar-refractivity contribution in [3.05, 3.63) is 56.1 Å². The average Bonchev–Trinajstić information content (AvgIpc) is 2.95. The number of benzene rings is 1. The van der Waals surface area contributed by atoms with Crippen LogP contribution in [-0.4, -0.2) is 45.0 Å². The number of rotatable bonds is 3. The molecule has 0 saturated carbocycles. The van der Waals surface area contributed by atoms with Crippen molar-refractivity contribution in [2.75, 3.05) is 24.6 Å². The topological polar surface area (TPSA) is 64.7 Å². The number of fused-ring (bicyclic) bond motifs is 1. The summed E-state index contributed by atoms with van der Waals surface area (Å²) in [5.41, 5.74) is 0.625. The van der Waals surface area contributed by atoms with Gasteiger partial charge in [-0.05, 0) is 25.5 Å². The molecule has 27 heavy (non-hydrogen) atoms. The van der Waals surface area contributed by atoms with E-state index in [1.165, 1.54) is 10.6 Å². The Morgan fingerprint density at radius 1 is 1.33 bits per heavy atom. The monoisotopic (exact) mass is 407 g/mol. The van der Waals surface area contributed by atoms with E-state index in [2.05, 4.69) is 10.00 Å². The highest BCUT2D eigenvalue weighted by molar-refractivity contribution is 6.42. The first kappa shape index (κ1) is 18.3. The van der Waals surface area contributed by atoms with Gasteiger partial charge in [-0.3, -0.25) is 9.36 Å². The molecule has 0 amide bonds. The van der Waals surface area contributed by atoms with Gasteiger partial charge in [0.2, 0.25) is 5.78 Å². The first-order chi connectivity index (χ1) is 12.9. The highest BCUT2D eigenvalue weighted by atomic mass is 35.5. The highest BCUT2D eigenvalue weighted by Gasteiger charge is 2.21. The molecule has 4 rings (SSSR count).